The summed E-state index contributed by atoms with van der Waals surface area (Å²) in [6.07, 6.45) is -4.62. The minimum absolute atomic E-state index is 0.0334. The first kappa shape index (κ1) is 21.7. The van der Waals surface area contributed by atoms with Crippen LogP contribution in [0.2, 0.25) is 0 Å². The molecule has 0 radical (unpaired) electrons. The third-order valence-corrected chi connectivity index (χ3v) is 4.63. The Morgan fingerprint density at radius 2 is 1.56 bits per heavy atom. The van der Waals surface area contributed by atoms with Gasteiger partial charge in [-0.15, -0.1) is 0 Å². The van der Waals surface area contributed by atoms with Crippen LogP contribution in [0.1, 0.15) is 12.0 Å². The number of anilines is 5. The molecule has 2 aromatic carbocycles. The van der Waals surface area contributed by atoms with Crippen molar-refractivity contribution in [3.05, 3.63) is 59.7 Å². The van der Waals surface area contributed by atoms with Crippen molar-refractivity contribution >= 4 is 29.2 Å². The molecule has 1 aromatic heterocycles. The van der Waals surface area contributed by atoms with E-state index in [1.807, 2.05) is 0 Å². The fraction of sp³-hybridized carbons (Fsp3) is 0.250. The van der Waals surface area contributed by atoms with E-state index in [1.165, 1.54) is 12.1 Å². The number of rotatable bonds is 5. The van der Waals surface area contributed by atoms with Crippen LogP contribution in [-0.2, 0) is 6.18 Å². The monoisotopic (exact) mass is 452 g/mol. The third kappa shape index (κ3) is 5.19. The second kappa shape index (κ2) is 8.54. The number of hydrogen-bond acceptors (Lipinski definition) is 7. The lowest BCUT2D eigenvalue weighted by Crippen LogP contribution is -2.24. The van der Waals surface area contributed by atoms with Gasteiger partial charge in [0.15, 0.2) is 0 Å². The van der Waals surface area contributed by atoms with Crippen LogP contribution in [0.5, 0.6) is 0 Å². The average molecular weight is 452 g/mol. The molecule has 1 fully saturated rings. The highest BCUT2D eigenvalue weighted by Gasteiger charge is 2.30. The number of aromatic nitrogens is 3. The SMILES string of the molecule is OC1CCN(c2nc(Nc3cc(F)cc(F)c3)nc(Nc3cccc(C(F)(F)F)c3)n2)C1. The molecule has 0 saturated carbocycles. The molecule has 3 N–H and O–H groups in total. The van der Waals surface area contributed by atoms with Gasteiger partial charge in [-0.3, -0.25) is 0 Å². The van der Waals surface area contributed by atoms with E-state index >= 15 is 0 Å². The standard InChI is InChI=1S/C20H17F5N6O/c21-12-7-13(22)9-15(8-12)27-18-28-17(29-19(30-18)31-5-4-16(32)10-31)26-14-3-1-2-11(6-14)20(23,24)25/h1-3,6-9,16,32H,4-5,10H2,(H2,26,27,28,29,30). The predicted octanol–water partition coefficient (Wildman–Crippen LogP) is 4.23. The van der Waals surface area contributed by atoms with Gasteiger partial charge in [0, 0.05) is 30.5 Å². The van der Waals surface area contributed by atoms with E-state index < -0.39 is 29.5 Å². The fourth-order valence-corrected chi connectivity index (χ4v) is 3.20. The summed E-state index contributed by atoms with van der Waals surface area (Å²) in [7, 11) is 0. The Kier molecular flexibility index (Phi) is 5.78. The summed E-state index contributed by atoms with van der Waals surface area (Å²) in [4.78, 5) is 14.2. The Balaban J connectivity index is 1.67. The van der Waals surface area contributed by atoms with E-state index in [0.717, 1.165) is 24.3 Å². The summed E-state index contributed by atoms with van der Waals surface area (Å²) in [5.74, 6) is -1.66. The van der Waals surface area contributed by atoms with Crippen LogP contribution in [0.15, 0.2) is 42.5 Å². The maximum Gasteiger partial charge on any atom is 0.416 e. The van der Waals surface area contributed by atoms with Gasteiger partial charge in [0.25, 0.3) is 0 Å². The zero-order valence-corrected chi connectivity index (χ0v) is 16.4. The quantitative estimate of drug-likeness (QED) is 0.500. The van der Waals surface area contributed by atoms with E-state index in [4.69, 9.17) is 0 Å². The molecule has 12 heteroatoms. The van der Waals surface area contributed by atoms with Crippen LogP contribution in [0.25, 0.3) is 0 Å². The number of aliphatic hydroxyl groups is 1. The molecule has 1 atom stereocenters. The summed E-state index contributed by atoms with van der Waals surface area (Å²) in [5.41, 5.74) is -0.736. The molecule has 1 aliphatic rings. The number of aliphatic hydroxyl groups excluding tert-OH is 1. The fourth-order valence-electron chi connectivity index (χ4n) is 3.20. The van der Waals surface area contributed by atoms with E-state index in [9.17, 15) is 27.1 Å². The number of alkyl halides is 3. The summed E-state index contributed by atoms with van der Waals surface area (Å²) in [5, 5.41) is 15.2. The summed E-state index contributed by atoms with van der Waals surface area (Å²) in [6.45, 7) is 0.698. The molecule has 0 spiro atoms. The van der Waals surface area contributed by atoms with Gasteiger partial charge in [-0.05, 0) is 36.8 Å². The molecule has 0 amide bonds. The first-order valence-corrected chi connectivity index (χ1v) is 9.52. The maximum atomic E-state index is 13.5. The van der Waals surface area contributed by atoms with E-state index in [1.54, 1.807) is 4.90 Å². The van der Waals surface area contributed by atoms with Gasteiger partial charge in [-0.25, -0.2) is 8.78 Å². The van der Waals surface area contributed by atoms with Crippen molar-refractivity contribution in [1.29, 1.82) is 0 Å². The predicted molar refractivity (Wildman–Crippen MR) is 107 cm³/mol. The van der Waals surface area contributed by atoms with Gasteiger partial charge >= 0.3 is 6.18 Å². The van der Waals surface area contributed by atoms with Gasteiger partial charge in [0.2, 0.25) is 17.8 Å². The highest BCUT2D eigenvalue weighted by atomic mass is 19.4. The van der Waals surface area contributed by atoms with Crippen LogP contribution in [0.3, 0.4) is 0 Å². The van der Waals surface area contributed by atoms with Gasteiger partial charge in [0.1, 0.15) is 11.6 Å². The van der Waals surface area contributed by atoms with Crippen LogP contribution >= 0.6 is 0 Å². The van der Waals surface area contributed by atoms with Gasteiger partial charge in [0.05, 0.1) is 11.7 Å². The minimum atomic E-state index is -4.53. The lowest BCUT2D eigenvalue weighted by Gasteiger charge is -2.18. The molecule has 0 bridgehead atoms. The van der Waals surface area contributed by atoms with Crippen molar-refractivity contribution in [1.82, 2.24) is 15.0 Å². The van der Waals surface area contributed by atoms with E-state index in [0.29, 0.717) is 19.0 Å². The smallest absolute Gasteiger partial charge is 0.391 e. The third-order valence-electron chi connectivity index (χ3n) is 4.63. The van der Waals surface area contributed by atoms with Gasteiger partial charge in [-0.1, -0.05) is 6.07 Å². The van der Waals surface area contributed by atoms with Crippen LogP contribution in [0.4, 0.5) is 51.2 Å². The van der Waals surface area contributed by atoms with Crippen molar-refractivity contribution in [2.45, 2.75) is 18.7 Å². The maximum absolute atomic E-state index is 13.5. The molecule has 32 heavy (non-hydrogen) atoms. The van der Waals surface area contributed by atoms with Crippen LogP contribution in [0, 0.1) is 11.6 Å². The molecule has 1 saturated heterocycles. The molecule has 4 rings (SSSR count). The molecule has 1 aliphatic heterocycles. The van der Waals surface area contributed by atoms with Gasteiger partial charge < -0.3 is 20.6 Å². The van der Waals surface area contributed by atoms with Gasteiger partial charge in [-0.2, -0.15) is 28.1 Å². The Hall–Kier alpha value is -3.54. The summed E-state index contributed by atoms with van der Waals surface area (Å²) in [6, 6.07) is 7.25. The van der Waals surface area contributed by atoms with Crippen molar-refractivity contribution in [2.75, 3.05) is 28.6 Å². The second-order valence-electron chi connectivity index (χ2n) is 7.16. The first-order valence-electron chi connectivity index (χ1n) is 9.52. The van der Waals surface area contributed by atoms with Crippen molar-refractivity contribution in [2.24, 2.45) is 0 Å². The number of nitrogens with one attached hydrogen (secondary N) is 2. The number of nitrogens with zero attached hydrogens (tertiary/aromatic N) is 4. The lowest BCUT2D eigenvalue weighted by molar-refractivity contribution is -0.137. The van der Waals surface area contributed by atoms with Crippen LogP contribution in [-0.4, -0.2) is 39.3 Å². The average Bonchev–Trinajstić information content (AvgIpc) is 3.13. The summed E-state index contributed by atoms with van der Waals surface area (Å²) < 4.78 is 66.1. The Bertz CT molecular complexity index is 1110. The summed E-state index contributed by atoms with van der Waals surface area (Å²) >= 11 is 0. The zero-order chi connectivity index (χ0) is 22.9. The Morgan fingerprint density at radius 1 is 0.906 bits per heavy atom. The highest BCUT2D eigenvalue weighted by Crippen LogP contribution is 2.31. The number of halogens is 5. The zero-order valence-electron chi connectivity index (χ0n) is 16.4. The Morgan fingerprint density at radius 3 is 2.16 bits per heavy atom. The molecular formula is C20H17F5N6O. The molecule has 168 valence electrons. The number of benzene rings is 2. The second-order valence-corrected chi connectivity index (χ2v) is 7.16. The Labute approximate surface area is 179 Å². The highest BCUT2D eigenvalue weighted by molar-refractivity contribution is 5.60. The minimum Gasteiger partial charge on any atom is -0.391 e. The molecule has 1 unspecified atom stereocenters. The molecular weight excluding hydrogens is 435 g/mol. The molecule has 3 aromatic rings. The first-order chi connectivity index (χ1) is 15.2. The molecule has 7 nitrogen and oxygen atoms in total. The van der Waals surface area contributed by atoms with E-state index in [-0.39, 0.29) is 35.8 Å². The molecule has 0 aliphatic carbocycles. The lowest BCUT2D eigenvalue weighted by atomic mass is 10.2. The normalized spacial score (nSPS) is 16.3. The van der Waals surface area contributed by atoms with Crippen molar-refractivity contribution in [3.63, 3.8) is 0 Å². The van der Waals surface area contributed by atoms with Crippen molar-refractivity contribution in [3.8, 4) is 0 Å². The van der Waals surface area contributed by atoms with E-state index in [2.05, 4.69) is 25.6 Å². The van der Waals surface area contributed by atoms with Crippen molar-refractivity contribution < 1.29 is 27.1 Å². The topological polar surface area (TPSA) is 86.2 Å². The largest absolute Gasteiger partial charge is 0.416 e. The number of hydrogen-bond donors (Lipinski definition) is 3. The number of β-amino-alcohol motifs (C(OH)–C–C–N with tert-alkyl or cyclic N) is 1. The molecule has 2 heterocycles. The van der Waals surface area contributed by atoms with Crippen LogP contribution < -0.4 is 15.5 Å².